The van der Waals surface area contributed by atoms with Gasteiger partial charge in [-0.25, -0.2) is 9.59 Å². The van der Waals surface area contributed by atoms with Gasteiger partial charge in [0.15, 0.2) is 0 Å². The van der Waals surface area contributed by atoms with E-state index in [0.29, 0.717) is 5.69 Å². The minimum atomic E-state index is -1.44. The minimum absolute atomic E-state index is 0.0820. The van der Waals surface area contributed by atoms with Crippen LogP contribution in [0.1, 0.15) is 19.4 Å². The first kappa shape index (κ1) is 16.5. The summed E-state index contributed by atoms with van der Waals surface area (Å²) >= 11 is 0. The fourth-order valence-corrected chi connectivity index (χ4v) is 2.11. The quantitative estimate of drug-likeness (QED) is 0.914. The maximum atomic E-state index is 12.5. The van der Waals surface area contributed by atoms with E-state index in [-0.39, 0.29) is 6.61 Å². The molecule has 5 nitrogen and oxygen atoms in total. The number of amides is 1. The summed E-state index contributed by atoms with van der Waals surface area (Å²) in [6.07, 6.45) is -0.701. The van der Waals surface area contributed by atoms with Gasteiger partial charge >= 0.3 is 12.1 Å². The molecule has 1 amide bonds. The van der Waals surface area contributed by atoms with Crippen LogP contribution in [0.5, 0.6) is 0 Å². The maximum Gasteiger partial charge on any atom is 0.415 e. The number of para-hydroxylation sites is 1. The van der Waals surface area contributed by atoms with Crippen LogP contribution in [0.2, 0.25) is 0 Å². The molecule has 2 aromatic carbocycles. The number of carbonyl (C=O) groups is 2. The van der Waals surface area contributed by atoms with Crippen LogP contribution < -0.4 is 4.90 Å². The molecule has 0 aromatic heterocycles. The molecule has 120 valence electrons. The van der Waals surface area contributed by atoms with Gasteiger partial charge in [0.05, 0.1) is 0 Å². The zero-order chi connectivity index (χ0) is 16.9. The molecule has 0 unspecified atom stereocenters. The Labute approximate surface area is 135 Å². The third-order valence-electron chi connectivity index (χ3n) is 3.48. The van der Waals surface area contributed by atoms with Crippen molar-refractivity contribution in [1.82, 2.24) is 0 Å². The number of anilines is 1. The summed E-state index contributed by atoms with van der Waals surface area (Å²) in [6, 6.07) is 17.9. The normalized spacial score (nSPS) is 10.9. The molecule has 0 saturated carbocycles. The van der Waals surface area contributed by atoms with Gasteiger partial charge in [0, 0.05) is 5.69 Å². The molecule has 2 aromatic rings. The number of aliphatic carboxylic acids is 1. The predicted molar refractivity (Wildman–Crippen MR) is 87.3 cm³/mol. The van der Waals surface area contributed by atoms with Gasteiger partial charge in [-0.05, 0) is 31.5 Å². The molecule has 0 heterocycles. The summed E-state index contributed by atoms with van der Waals surface area (Å²) in [5, 5.41) is 9.46. The molecule has 23 heavy (non-hydrogen) atoms. The van der Waals surface area contributed by atoms with E-state index in [1.807, 2.05) is 30.3 Å². The van der Waals surface area contributed by atoms with Crippen LogP contribution in [0.4, 0.5) is 10.5 Å². The van der Waals surface area contributed by atoms with E-state index in [2.05, 4.69) is 0 Å². The lowest BCUT2D eigenvalue weighted by Gasteiger charge is -2.34. The zero-order valence-electron chi connectivity index (χ0n) is 13.1. The molecule has 0 aliphatic heterocycles. The van der Waals surface area contributed by atoms with Gasteiger partial charge in [-0.3, -0.25) is 4.90 Å². The summed E-state index contributed by atoms with van der Waals surface area (Å²) in [5.41, 5.74) is -0.130. The van der Waals surface area contributed by atoms with Gasteiger partial charge < -0.3 is 9.84 Å². The van der Waals surface area contributed by atoms with E-state index in [1.54, 1.807) is 30.3 Å². The summed E-state index contributed by atoms with van der Waals surface area (Å²) in [5.74, 6) is -1.11. The van der Waals surface area contributed by atoms with Crippen molar-refractivity contribution in [2.75, 3.05) is 4.90 Å². The largest absolute Gasteiger partial charge is 0.480 e. The number of carboxylic acids is 1. The second-order valence-electron chi connectivity index (χ2n) is 5.58. The molecule has 0 aliphatic rings. The Kier molecular flexibility index (Phi) is 5.01. The first-order chi connectivity index (χ1) is 10.9. The van der Waals surface area contributed by atoms with Gasteiger partial charge in [-0.15, -0.1) is 0 Å². The SMILES string of the molecule is CC(C)(C(=O)O)N(C(=O)OCc1ccccc1)c1ccccc1. The molecule has 2 rings (SSSR count). The van der Waals surface area contributed by atoms with Crippen LogP contribution in [-0.2, 0) is 16.1 Å². The number of carbonyl (C=O) groups excluding carboxylic acids is 1. The van der Waals surface area contributed by atoms with Crippen LogP contribution in [0.15, 0.2) is 60.7 Å². The smallest absolute Gasteiger partial charge is 0.415 e. The Morgan fingerprint density at radius 2 is 1.52 bits per heavy atom. The number of nitrogens with zero attached hydrogens (tertiary/aromatic N) is 1. The first-order valence-electron chi connectivity index (χ1n) is 7.22. The second kappa shape index (κ2) is 6.96. The molecule has 1 N–H and O–H groups in total. The average molecular weight is 313 g/mol. The lowest BCUT2D eigenvalue weighted by atomic mass is 10.0. The number of benzene rings is 2. The molecule has 0 saturated heterocycles. The first-order valence-corrected chi connectivity index (χ1v) is 7.22. The molecule has 0 atom stereocenters. The summed E-state index contributed by atoms with van der Waals surface area (Å²) in [6.45, 7) is 3.01. The van der Waals surface area contributed by atoms with Gasteiger partial charge in [-0.2, -0.15) is 0 Å². The van der Waals surface area contributed by atoms with Crippen molar-refractivity contribution in [1.29, 1.82) is 0 Å². The van der Waals surface area contributed by atoms with Crippen molar-refractivity contribution in [3.63, 3.8) is 0 Å². The van der Waals surface area contributed by atoms with Gasteiger partial charge in [0.2, 0.25) is 0 Å². The zero-order valence-corrected chi connectivity index (χ0v) is 13.1. The molecule has 5 heteroatoms. The highest BCUT2D eigenvalue weighted by Crippen LogP contribution is 2.25. The van der Waals surface area contributed by atoms with Crippen LogP contribution in [0.25, 0.3) is 0 Å². The highest BCUT2D eigenvalue weighted by atomic mass is 16.6. The van der Waals surface area contributed by atoms with Crippen molar-refractivity contribution in [2.24, 2.45) is 0 Å². The Morgan fingerprint density at radius 3 is 2.04 bits per heavy atom. The third kappa shape index (κ3) is 3.88. The van der Waals surface area contributed by atoms with Crippen molar-refractivity contribution < 1.29 is 19.4 Å². The van der Waals surface area contributed by atoms with E-state index < -0.39 is 17.6 Å². The molecule has 0 fully saturated rings. The predicted octanol–water partition coefficient (Wildman–Crippen LogP) is 3.69. The van der Waals surface area contributed by atoms with Crippen molar-refractivity contribution in [2.45, 2.75) is 26.0 Å². The number of ether oxygens (including phenoxy) is 1. The highest BCUT2D eigenvalue weighted by molar-refractivity contribution is 5.97. The second-order valence-corrected chi connectivity index (χ2v) is 5.58. The van der Waals surface area contributed by atoms with Crippen LogP contribution >= 0.6 is 0 Å². The van der Waals surface area contributed by atoms with Crippen molar-refractivity contribution in [3.8, 4) is 0 Å². The van der Waals surface area contributed by atoms with Crippen molar-refractivity contribution >= 4 is 17.7 Å². The minimum Gasteiger partial charge on any atom is -0.480 e. The number of carboxylic acid groups (broad SMARTS) is 1. The molecular weight excluding hydrogens is 294 g/mol. The molecule has 0 bridgehead atoms. The Hall–Kier alpha value is -2.82. The maximum absolute atomic E-state index is 12.5. The van der Waals surface area contributed by atoms with Crippen LogP contribution in [0.3, 0.4) is 0 Å². The molecular formula is C18H19NO4. The highest BCUT2D eigenvalue weighted by Gasteiger charge is 2.40. The molecule has 0 aliphatic carbocycles. The van der Waals surface area contributed by atoms with E-state index in [9.17, 15) is 14.7 Å². The summed E-state index contributed by atoms with van der Waals surface area (Å²) < 4.78 is 5.30. The fraction of sp³-hybridized carbons (Fsp3) is 0.222. The lowest BCUT2D eigenvalue weighted by molar-refractivity contribution is -0.142. The lowest BCUT2D eigenvalue weighted by Crippen LogP contribution is -2.53. The Morgan fingerprint density at radius 1 is 1.00 bits per heavy atom. The van der Waals surface area contributed by atoms with E-state index in [1.165, 1.54) is 13.8 Å². The van der Waals surface area contributed by atoms with E-state index >= 15 is 0 Å². The number of rotatable bonds is 5. The topological polar surface area (TPSA) is 66.8 Å². The van der Waals surface area contributed by atoms with Gasteiger partial charge in [0.25, 0.3) is 0 Å². The van der Waals surface area contributed by atoms with Crippen LogP contribution in [-0.4, -0.2) is 22.7 Å². The summed E-state index contributed by atoms with van der Waals surface area (Å²) in [7, 11) is 0. The van der Waals surface area contributed by atoms with Gasteiger partial charge in [-0.1, -0.05) is 48.5 Å². The third-order valence-corrected chi connectivity index (χ3v) is 3.48. The monoisotopic (exact) mass is 313 g/mol. The van der Waals surface area contributed by atoms with Crippen molar-refractivity contribution in [3.05, 3.63) is 66.2 Å². The average Bonchev–Trinajstić information content (AvgIpc) is 2.55. The van der Waals surface area contributed by atoms with E-state index in [4.69, 9.17) is 4.74 Å². The fourth-order valence-electron chi connectivity index (χ4n) is 2.11. The summed E-state index contributed by atoms with van der Waals surface area (Å²) in [4.78, 5) is 25.2. The number of hydrogen-bond acceptors (Lipinski definition) is 3. The Balaban J connectivity index is 2.23. The van der Waals surface area contributed by atoms with Crippen LogP contribution in [0, 0.1) is 0 Å². The molecule has 0 spiro atoms. The standard InChI is InChI=1S/C18H19NO4/c1-18(2,16(20)21)19(15-11-7-4-8-12-15)17(22)23-13-14-9-5-3-6-10-14/h3-12H,13H2,1-2H3,(H,20,21). The number of hydrogen-bond donors (Lipinski definition) is 1. The van der Waals surface area contributed by atoms with Gasteiger partial charge in [0.1, 0.15) is 12.1 Å². The van der Waals surface area contributed by atoms with E-state index in [0.717, 1.165) is 10.5 Å². The Bertz CT molecular complexity index is 668. The molecule has 0 radical (unpaired) electrons.